The molecular weight excluding hydrogens is 260 g/mol. The smallest absolute Gasteiger partial charge is 0.298 e. The predicted molar refractivity (Wildman–Crippen MR) is 64.7 cm³/mol. The zero-order valence-electron chi connectivity index (χ0n) is 10.5. The van der Waals surface area contributed by atoms with Crippen molar-refractivity contribution in [3.63, 3.8) is 0 Å². The van der Waals surface area contributed by atoms with Crippen LogP contribution in [0.3, 0.4) is 0 Å². The van der Waals surface area contributed by atoms with E-state index in [2.05, 4.69) is 0 Å². The van der Waals surface area contributed by atoms with Gasteiger partial charge in [0.1, 0.15) is 0 Å². The molecule has 0 atom stereocenters. The van der Waals surface area contributed by atoms with Crippen molar-refractivity contribution in [2.75, 3.05) is 52.6 Å². The second-order valence-electron chi connectivity index (χ2n) is 4.61. The number of hydrogen-bond donors (Lipinski definition) is 1. The first kappa shape index (κ1) is 14.2. The maximum Gasteiger partial charge on any atom is 0.298 e. The summed E-state index contributed by atoms with van der Waals surface area (Å²) in [4.78, 5) is 2.13. The first-order valence-electron chi connectivity index (χ1n) is 6.09. The number of hydrogen-bond acceptors (Lipinski definition) is 6. The van der Waals surface area contributed by atoms with E-state index in [-0.39, 0.29) is 0 Å². The Kier molecular flexibility index (Phi) is 4.25. The van der Waals surface area contributed by atoms with Gasteiger partial charge in [-0.15, -0.1) is 0 Å². The van der Waals surface area contributed by atoms with Crippen LogP contribution in [0.5, 0.6) is 0 Å². The van der Waals surface area contributed by atoms with Crippen molar-refractivity contribution in [3.8, 4) is 0 Å². The molecule has 0 aliphatic carbocycles. The molecule has 0 aromatic heterocycles. The molecule has 1 N–H and O–H groups in total. The van der Waals surface area contributed by atoms with Gasteiger partial charge in [-0.1, -0.05) is 0 Å². The quantitative estimate of drug-likeness (QED) is 0.679. The molecule has 0 radical (unpaired) electrons. The van der Waals surface area contributed by atoms with Crippen molar-refractivity contribution >= 4 is 10.1 Å². The van der Waals surface area contributed by atoms with E-state index in [1.54, 1.807) is 16.7 Å². The van der Waals surface area contributed by atoms with Gasteiger partial charge in [-0.25, -0.2) is 0 Å². The highest BCUT2D eigenvalue weighted by Crippen LogP contribution is 2.28. The van der Waals surface area contributed by atoms with Gasteiger partial charge in [0.05, 0.1) is 26.4 Å². The summed E-state index contributed by atoms with van der Waals surface area (Å²) in [6.07, 6.45) is 0. The van der Waals surface area contributed by atoms with Crippen LogP contribution in [0, 0.1) is 0 Å². The summed E-state index contributed by atoms with van der Waals surface area (Å²) in [7, 11) is -4.22. The summed E-state index contributed by atoms with van der Waals surface area (Å²) < 4.78 is 43.8. The van der Waals surface area contributed by atoms with Crippen molar-refractivity contribution in [1.82, 2.24) is 9.80 Å². The van der Waals surface area contributed by atoms with Crippen LogP contribution in [0.25, 0.3) is 0 Å². The Labute approximate surface area is 107 Å². The van der Waals surface area contributed by atoms with Gasteiger partial charge >= 0.3 is 0 Å². The van der Waals surface area contributed by atoms with Gasteiger partial charge in [-0.05, 0) is 6.92 Å². The lowest BCUT2D eigenvalue weighted by Gasteiger charge is -2.48. The minimum Gasteiger partial charge on any atom is -0.379 e. The van der Waals surface area contributed by atoms with Crippen molar-refractivity contribution in [1.29, 1.82) is 0 Å². The van der Waals surface area contributed by atoms with Crippen LogP contribution in [0.4, 0.5) is 0 Å². The monoisotopic (exact) mass is 280 g/mol. The molecule has 2 heterocycles. The Morgan fingerprint density at radius 1 is 0.944 bits per heavy atom. The van der Waals surface area contributed by atoms with Crippen LogP contribution in [-0.4, -0.2) is 80.4 Å². The molecular formula is C10H20N2O5S. The van der Waals surface area contributed by atoms with Gasteiger partial charge in [0, 0.05) is 26.2 Å². The van der Waals surface area contributed by atoms with E-state index >= 15 is 0 Å². The van der Waals surface area contributed by atoms with E-state index in [1.807, 2.05) is 0 Å². The average Bonchev–Trinajstić information content (AvgIpc) is 2.38. The molecule has 7 nitrogen and oxygen atoms in total. The lowest BCUT2D eigenvalue weighted by atomic mass is 10.3. The summed E-state index contributed by atoms with van der Waals surface area (Å²) >= 11 is 0. The Bertz CT molecular complexity index is 356. The van der Waals surface area contributed by atoms with Crippen molar-refractivity contribution in [2.45, 2.75) is 11.9 Å². The molecule has 2 fully saturated rings. The van der Waals surface area contributed by atoms with Crippen molar-refractivity contribution < 1.29 is 22.4 Å². The van der Waals surface area contributed by atoms with Crippen molar-refractivity contribution in [2.24, 2.45) is 0 Å². The molecule has 0 unspecified atom stereocenters. The van der Waals surface area contributed by atoms with Crippen LogP contribution in [0.15, 0.2) is 0 Å². The highest BCUT2D eigenvalue weighted by molar-refractivity contribution is 7.87. The SMILES string of the molecule is CC(N1CCOCC1)(N1CCOCC1)S(=O)(=O)O. The number of morpholine rings is 2. The standard InChI is InChI=1S/C10H20N2O5S/c1-10(18(13,14)15,11-2-6-16-7-3-11)12-4-8-17-9-5-12/h2-9H2,1H3,(H,13,14,15). The lowest BCUT2D eigenvalue weighted by Crippen LogP contribution is -2.67. The summed E-state index contributed by atoms with van der Waals surface area (Å²) in [6, 6.07) is 0. The summed E-state index contributed by atoms with van der Waals surface area (Å²) in [5.41, 5.74) is 0. The maximum atomic E-state index is 11.8. The minimum absolute atomic E-state index is 0.482. The van der Waals surface area contributed by atoms with Crippen LogP contribution in [-0.2, 0) is 19.6 Å². The number of nitrogens with zero attached hydrogens (tertiary/aromatic N) is 2. The van der Waals surface area contributed by atoms with Gasteiger partial charge in [0.2, 0.25) is 4.99 Å². The predicted octanol–water partition coefficient (Wildman–Crippen LogP) is -0.788. The van der Waals surface area contributed by atoms with Gasteiger partial charge in [-0.3, -0.25) is 14.4 Å². The summed E-state index contributed by atoms with van der Waals surface area (Å²) in [6.45, 7) is 5.46. The third-order valence-corrected chi connectivity index (χ3v) is 5.18. The average molecular weight is 280 g/mol. The van der Waals surface area contributed by atoms with Gasteiger partial charge < -0.3 is 9.47 Å². The lowest BCUT2D eigenvalue weighted by molar-refractivity contribution is -0.0820. The van der Waals surface area contributed by atoms with Crippen LogP contribution in [0.2, 0.25) is 0 Å². The molecule has 2 saturated heterocycles. The number of ether oxygens (including phenoxy) is 2. The fourth-order valence-electron chi connectivity index (χ4n) is 2.48. The first-order valence-corrected chi connectivity index (χ1v) is 7.53. The minimum atomic E-state index is -4.22. The molecule has 2 aliphatic rings. The molecule has 0 spiro atoms. The topological polar surface area (TPSA) is 79.3 Å². The van der Waals surface area contributed by atoms with Gasteiger partial charge in [0.25, 0.3) is 10.1 Å². The van der Waals surface area contributed by atoms with E-state index in [0.29, 0.717) is 52.6 Å². The molecule has 8 heteroatoms. The van der Waals surface area contributed by atoms with Gasteiger partial charge in [0.15, 0.2) is 0 Å². The zero-order chi connectivity index (χ0) is 13.2. The molecule has 2 rings (SSSR count). The normalized spacial score (nSPS) is 25.2. The summed E-state index contributed by atoms with van der Waals surface area (Å²) in [5.74, 6) is 0. The molecule has 0 saturated carbocycles. The maximum absolute atomic E-state index is 11.8. The molecule has 0 aromatic rings. The second-order valence-corrected chi connectivity index (χ2v) is 6.33. The fraction of sp³-hybridized carbons (Fsp3) is 1.00. The highest BCUT2D eigenvalue weighted by atomic mass is 32.2. The van der Waals surface area contributed by atoms with Gasteiger partial charge in [-0.2, -0.15) is 8.42 Å². The Hall–Kier alpha value is -0.250. The molecule has 0 aromatic carbocycles. The third-order valence-electron chi connectivity index (χ3n) is 3.68. The van der Waals surface area contributed by atoms with Crippen LogP contribution < -0.4 is 0 Å². The third kappa shape index (κ3) is 2.54. The Balaban J connectivity index is 2.26. The molecule has 18 heavy (non-hydrogen) atoms. The summed E-state index contributed by atoms with van der Waals surface area (Å²) in [5, 5.41) is 0. The second kappa shape index (κ2) is 5.40. The van der Waals surface area contributed by atoms with Crippen LogP contribution in [0.1, 0.15) is 6.92 Å². The zero-order valence-corrected chi connectivity index (χ0v) is 11.4. The largest absolute Gasteiger partial charge is 0.379 e. The van der Waals surface area contributed by atoms with Crippen molar-refractivity contribution in [3.05, 3.63) is 0 Å². The molecule has 0 bridgehead atoms. The number of rotatable bonds is 3. The van der Waals surface area contributed by atoms with E-state index in [0.717, 1.165) is 0 Å². The molecule has 0 amide bonds. The highest BCUT2D eigenvalue weighted by Gasteiger charge is 2.49. The van der Waals surface area contributed by atoms with E-state index in [9.17, 15) is 13.0 Å². The Morgan fingerprint density at radius 2 is 1.28 bits per heavy atom. The first-order chi connectivity index (χ1) is 8.46. The Morgan fingerprint density at radius 3 is 1.56 bits per heavy atom. The fourth-order valence-corrected chi connectivity index (χ4v) is 3.50. The van der Waals surface area contributed by atoms with Crippen LogP contribution >= 0.6 is 0 Å². The van der Waals surface area contributed by atoms with E-state index in [1.165, 1.54) is 0 Å². The molecule has 2 aliphatic heterocycles. The van der Waals surface area contributed by atoms with E-state index < -0.39 is 15.1 Å². The molecule has 106 valence electrons. The van der Waals surface area contributed by atoms with E-state index in [4.69, 9.17) is 9.47 Å².